The van der Waals surface area contributed by atoms with Crippen LogP contribution < -0.4 is 10.6 Å². The molecular weight excluding hydrogens is 232 g/mol. The van der Waals surface area contributed by atoms with Crippen LogP contribution in [-0.4, -0.2) is 36.1 Å². The Kier molecular flexibility index (Phi) is 6.72. The summed E-state index contributed by atoms with van der Waals surface area (Å²) in [5, 5.41) is 15.0. The number of carboxylic acid groups (broad SMARTS) is 1. The molecule has 0 bridgehead atoms. The highest BCUT2D eigenvalue weighted by Crippen LogP contribution is 2.09. The van der Waals surface area contributed by atoms with Crippen LogP contribution in [-0.2, 0) is 9.59 Å². The van der Waals surface area contributed by atoms with Gasteiger partial charge in [-0.3, -0.25) is 9.59 Å². The molecule has 2 unspecified atom stereocenters. The van der Waals surface area contributed by atoms with Gasteiger partial charge in [0.15, 0.2) is 0 Å². The zero-order valence-corrected chi connectivity index (χ0v) is 11.1. The maximum absolute atomic E-state index is 11.9. The van der Waals surface area contributed by atoms with E-state index in [2.05, 4.69) is 10.6 Å². The Bertz CT molecular complexity index is 273. The molecule has 0 aliphatic carbocycles. The van der Waals surface area contributed by atoms with Gasteiger partial charge in [0, 0.05) is 6.54 Å². The highest BCUT2D eigenvalue weighted by Gasteiger charge is 2.22. The second-order valence-electron chi connectivity index (χ2n) is 4.93. The Hall–Kier alpha value is -1.10. The molecule has 0 saturated carbocycles. The lowest BCUT2D eigenvalue weighted by Gasteiger charge is -2.18. The quantitative estimate of drug-likeness (QED) is 0.666. The van der Waals surface area contributed by atoms with E-state index < -0.39 is 11.9 Å². The minimum atomic E-state index is -0.828. The minimum absolute atomic E-state index is 0.0562. The van der Waals surface area contributed by atoms with Crippen molar-refractivity contribution >= 4 is 11.9 Å². The maximum atomic E-state index is 11.9. The van der Waals surface area contributed by atoms with Crippen molar-refractivity contribution in [2.75, 3.05) is 13.1 Å². The van der Waals surface area contributed by atoms with Gasteiger partial charge in [-0.1, -0.05) is 26.2 Å². The molecule has 1 amide bonds. The van der Waals surface area contributed by atoms with E-state index in [1.807, 2.05) is 6.92 Å². The molecule has 5 nitrogen and oxygen atoms in total. The normalized spacial score (nSPS) is 21.9. The summed E-state index contributed by atoms with van der Waals surface area (Å²) >= 11 is 0. The summed E-state index contributed by atoms with van der Waals surface area (Å²) in [5.74, 6) is -1.35. The first-order chi connectivity index (χ1) is 8.65. The summed E-state index contributed by atoms with van der Waals surface area (Å²) in [7, 11) is 0. The van der Waals surface area contributed by atoms with Crippen molar-refractivity contribution in [3.8, 4) is 0 Å². The van der Waals surface area contributed by atoms with Gasteiger partial charge < -0.3 is 15.7 Å². The van der Waals surface area contributed by atoms with Crippen molar-refractivity contribution < 1.29 is 14.7 Å². The van der Waals surface area contributed by atoms with E-state index in [0.29, 0.717) is 6.42 Å². The standard InChI is InChI=1S/C13H24N2O3/c1-2-6-10(13(17)18)9-15-12(16)11-7-4-3-5-8-14-11/h10-11,14H,2-9H2,1H3,(H,15,16)(H,17,18). The molecule has 3 N–H and O–H groups in total. The number of hydrogen-bond donors (Lipinski definition) is 3. The van der Waals surface area contributed by atoms with Crippen LogP contribution in [0.5, 0.6) is 0 Å². The van der Waals surface area contributed by atoms with Crippen molar-refractivity contribution in [3.05, 3.63) is 0 Å². The maximum Gasteiger partial charge on any atom is 0.308 e. The Morgan fingerprint density at radius 3 is 2.83 bits per heavy atom. The fraction of sp³-hybridized carbons (Fsp3) is 0.846. The van der Waals surface area contributed by atoms with Crippen LogP contribution in [0, 0.1) is 5.92 Å². The lowest BCUT2D eigenvalue weighted by molar-refractivity contribution is -0.142. The van der Waals surface area contributed by atoms with Crippen LogP contribution >= 0.6 is 0 Å². The van der Waals surface area contributed by atoms with Crippen LogP contribution in [0.1, 0.15) is 45.4 Å². The summed E-state index contributed by atoms with van der Waals surface area (Å²) < 4.78 is 0. The van der Waals surface area contributed by atoms with Crippen molar-refractivity contribution in [1.29, 1.82) is 0 Å². The number of nitrogens with one attached hydrogen (secondary N) is 2. The Labute approximate surface area is 108 Å². The zero-order chi connectivity index (χ0) is 13.4. The van der Waals surface area contributed by atoms with E-state index in [0.717, 1.165) is 38.6 Å². The van der Waals surface area contributed by atoms with E-state index in [9.17, 15) is 9.59 Å². The molecule has 0 aromatic rings. The average Bonchev–Trinajstić information content (AvgIpc) is 2.62. The third-order valence-corrected chi connectivity index (χ3v) is 3.39. The number of carboxylic acids is 1. The minimum Gasteiger partial charge on any atom is -0.481 e. The SMILES string of the molecule is CCCC(CNC(=O)C1CCCCCN1)C(=O)O. The molecule has 0 radical (unpaired) electrons. The first-order valence-corrected chi connectivity index (χ1v) is 6.89. The molecular formula is C13H24N2O3. The molecule has 2 atom stereocenters. The molecule has 0 spiro atoms. The summed E-state index contributed by atoms with van der Waals surface area (Å²) in [5.41, 5.74) is 0. The van der Waals surface area contributed by atoms with Crippen molar-refractivity contribution in [3.63, 3.8) is 0 Å². The molecule has 18 heavy (non-hydrogen) atoms. The topological polar surface area (TPSA) is 78.4 Å². The highest BCUT2D eigenvalue weighted by molar-refractivity contribution is 5.82. The van der Waals surface area contributed by atoms with Gasteiger partial charge in [-0.25, -0.2) is 0 Å². The third kappa shape index (κ3) is 5.04. The van der Waals surface area contributed by atoms with E-state index in [4.69, 9.17) is 5.11 Å². The van der Waals surface area contributed by atoms with Gasteiger partial charge in [-0.05, 0) is 25.8 Å². The molecule has 0 aromatic carbocycles. The van der Waals surface area contributed by atoms with Gasteiger partial charge >= 0.3 is 5.97 Å². The Morgan fingerprint density at radius 2 is 2.17 bits per heavy atom. The van der Waals surface area contributed by atoms with E-state index in [1.54, 1.807) is 0 Å². The predicted octanol–water partition coefficient (Wildman–Crippen LogP) is 1.14. The van der Waals surface area contributed by atoms with Crippen molar-refractivity contribution in [2.45, 2.75) is 51.5 Å². The van der Waals surface area contributed by atoms with Crippen LogP contribution in [0.25, 0.3) is 0 Å². The van der Waals surface area contributed by atoms with Gasteiger partial charge in [0.1, 0.15) is 0 Å². The molecule has 5 heteroatoms. The number of hydrogen-bond acceptors (Lipinski definition) is 3. The smallest absolute Gasteiger partial charge is 0.308 e. The fourth-order valence-electron chi connectivity index (χ4n) is 2.26. The van der Waals surface area contributed by atoms with Crippen LogP contribution in [0.2, 0.25) is 0 Å². The number of amides is 1. The van der Waals surface area contributed by atoms with Crippen LogP contribution in [0.4, 0.5) is 0 Å². The van der Waals surface area contributed by atoms with Gasteiger partial charge in [0.05, 0.1) is 12.0 Å². The monoisotopic (exact) mass is 256 g/mol. The van der Waals surface area contributed by atoms with Gasteiger partial charge in [-0.15, -0.1) is 0 Å². The summed E-state index contributed by atoms with van der Waals surface area (Å²) in [6.45, 7) is 3.06. The molecule has 1 rings (SSSR count). The summed E-state index contributed by atoms with van der Waals surface area (Å²) in [6, 6.07) is -0.149. The van der Waals surface area contributed by atoms with Crippen molar-refractivity contribution in [2.24, 2.45) is 5.92 Å². The number of rotatable bonds is 6. The Balaban J connectivity index is 2.35. The summed E-state index contributed by atoms with van der Waals surface area (Å²) in [6.07, 6.45) is 5.59. The van der Waals surface area contributed by atoms with Crippen LogP contribution in [0.15, 0.2) is 0 Å². The summed E-state index contributed by atoms with van der Waals surface area (Å²) in [4.78, 5) is 22.9. The molecule has 1 saturated heterocycles. The fourth-order valence-corrected chi connectivity index (χ4v) is 2.26. The number of carbonyl (C=O) groups excluding carboxylic acids is 1. The highest BCUT2D eigenvalue weighted by atomic mass is 16.4. The number of aliphatic carboxylic acids is 1. The molecule has 1 fully saturated rings. The lowest BCUT2D eigenvalue weighted by Crippen LogP contribution is -2.45. The lowest BCUT2D eigenvalue weighted by atomic mass is 10.0. The molecule has 1 heterocycles. The predicted molar refractivity (Wildman–Crippen MR) is 69.3 cm³/mol. The van der Waals surface area contributed by atoms with Crippen molar-refractivity contribution in [1.82, 2.24) is 10.6 Å². The molecule has 104 valence electrons. The van der Waals surface area contributed by atoms with Gasteiger partial charge in [-0.2, -0.15) is 0 Å². The Morgan fingerprint density at radius 1 is 1.39 bits per heavy atom. The first kappa shape index (κ1) is 15.0. The molecule has 0 aromatic heterocycles. The van der Waals surface area contributed by atoms with Crippen LogP contribution in [0.3, 0.4) is 0 Å². The van der Waals surface area contributed by atoms with Gasteiger partial charge in [0.2, 0.25) is 5.91 Å². The average molecular weight is 256 g/mol. The first-order valence-electron chi connectivity index (χ1n) is 6.89. The van der Waals surface area contributed by atoms with E-state index in [1.165, 1.54) is 0 Å². The van der Waals surface area contributed by atoms with E-state index in [-0.39, 0.29) is 18.5 Å². The second-order valence-corrected chi connectivity index (χ2v) is 4.93. The zero-order valence-electron chi connectivity index (χ0n) is 11.1. The molecule has 1 aliphatic heterocycles. The molecule has 1 aliphatic rings. The van der Waals surface area contributed by atoms with E-state index >= 15 is 0 Å². The third-order valence-electron chi connectivity index (χ3n) is 3.39. The van der Waals surface area contributed by atoms with Gasteiger partial charge in [0.25, 0.3) is 0 Å². The second kappa shape index (κ2) is 8.08. The largest absolute Gasteiger partial charge is 0.481 e. The number of carbonyl (C=O) groups is 2.